The summed E-state index contributed by atoms with van der Waals surface area (Å²) >= 11 is 7.23. The molecule has 0 radical (unpaired) electrons. The molecule has 0 fully saturated rings. The first-order chi connectivity index (χ1) is 13.0. The van der Waals surface area contributed by atoms with Crippen molar-refractivity contribution in [3.8, 4) is 0 Å². The fourth-order valence-electron chi connectivity index (χ4n) is 2.27. The lowest BCUT2D eigenvalue weighted by molar-refractivity contribution is -0.123. The molecule has 1 aromatic carbocycles. The molecule has 0 spiro atoms. The van der Waals surface area contributed by atoms with Crippen molar-refractivity contribution in [2.75, 3.05) is 24.2 Å². The minimum absolute atomic E-state index is 0.120. The van der Waals surface area contributed by atoms with Gasteiger partial charge in [-0.1, -0.05) is 44.5 Å². The maximum Gasteiger partial charge on any atom is 0.264 e. The second kappa shape index (κ2) is 8.75. The highest BCUT2D eigenvalue weighted by Crippen LogP contribution is 2.29. The number of nitrogens with zero attached hydrogens (tertiary/aromatic N) is 1. The summed E-state index contributed by atoms with van der Waals surface area (Å²) < 4.78 is 0. The molecule has 1 heterocycles. The van der Waals surface area contributed by atoms with Crippen LogP contribution in [0.25, 0.3) is 0 Å². The van der Waals surface area contributed by atoms with Crippen molar-refractivity contribution < 1.29 is 14.4 Å². The molecular formula is C20H24ClN3O3S. The molecule has 3 amide bonds. The lowest BCUT2D eigenvalue weighted by Crippen LogP contribution is -2.34. The van der Waals surface area contributed by atoms with Gasteiger partial charge in [-0.05, 0) is 30.7 Å². The van der Waals surface area contributed by atoms with Crippen LogP contribution >= 0.6 is 22.9 Å². The van der Waals surface area contributed by atoms with E-state index in [0.717, 1.165) is 5.56 Å². The third-order valence-electron chi connectivity index (χ3n) is 3.91. The molecule has 6 nitrogen and oxygen atoms in total. The molecule has 0 aliphatic heterocycles. The number of rotatable bonds is 5. The van der Waals surface area contributed by atoms with Gasteiger partial charge in [0.05, 0.1) is 27.1 Å². The molecule has 2 rings (SSSR count). The molecule has 2 N–H and O–H groups in total. The van der Waals surface area contributed by atoms with Crippen molar-refractivity contribution in [2.24, 2.45) is 5.41 Å². The van der Waals surface area contributed by atoms with Crippen LogP contribution in [0.4, 0.5) is 10.7 Å². The Morgan fingerprint density at radius 3 is 2.39 bits per heavy atom. The summed E-state index contributed by atoms with van der Waals surface area (Å²) in [7, 11) is 1.56. The Bertz CT molecular complexity index is 902. The van der Waals surface area contributed by atoms with Crippen molar-refractivity contribution in [1.82, 2.24) is 4.90 Å². The molecule has 0 unspecified atom stereocenters. The number of carbonyl (C=O) groups excluding carboxylic acids is 3. The van der Waals surface area contributed by atoms with Crippen LogP contribution in [0.2, 0.25) is 5.02 Å². The highest BCUT2D eigenvalue weighted by Gasteiger charge is 2.24. The van der Waals surface area contributed by atoms with Crippen LogP contribution in [0.5, 0.6) is 0 Å². The molecule has 8 heteroatoms. The van der Waals surface area contributed by atoms with Crippen LogP contribution < -0.4 is 10.6 Å². The van der Waals surface area contributed by atoms with E-state index >= 15 is 0 Å². The Labute approximate surface area is 173 Å². The van der Waals surface area contributed by atoms with Crippen molar-refractivity contribution in [3.05, 3.63) is 45.8 Å². The van der Waals surface area contributed by atoms with E-state index < -0.39 is 5.41 Å². The van der Waals surface area contributed by atoms with Gasteiger partial charge in [0.2, 0.25) is 11.8 Å². The zero-order valence-corrected chi connectivity index (χ0v) is 18.1. The van der Waals surface area contributed by atoms with Gasteiger partial charge in [-0.2, -0.15) is 0 Å². The third kappa shape index (κ3) is 5.56. The molecular weight excluding hydrogens is 398 g/mol. The van der Waals surface area contributed by atoms with Crippen LogP contribution in [0.3, 0.4) is 0 Å². The standard InChI is InChI=1S/C20H24ClN3O3S/c1-12-10-16(23-19(27)20(2,3)4)28-17(12)18(26)24(5)11-15(25)22-14-9-7-6-8-13(14)21/h6-10H,11H2,1-5H3,(H,22,25)(H,23,27). The van der Waals surface area contributed by atoms with Crippen molar-refractivity contribution in [3.63, 3.8) is 0 Å². The van der Waals surface area contributed by atoms with E-state index in [0.29, 0.717) is 20.6 Å². The van der Waals surface area contributed by atoms with Gasteiger partial charge in [0.15, 0.2) is 0 Å². The number of anilines is 2. The summed E-state index contributed by atoms with van der Waals surface area (Å²) in [6.07, 6.45) is 0. The maximum atomic E-state index is 12.7. The molecule has 0 atom stereocenters. The maximum absolute atomic E-state index is 12.7. The summed E-state index contributed by atoms with van der Waals surface area (Å²) in [5.41, 5.74) is 0.711. The minimum atomic E-state index is -0.532. The van der Waals surface area contributed by atoms with Gasteiger partial charge in [-0.25, -0.2) is 0 Å². The first kappa shape index (κ1) is 21.9. The van der Waals surface area contributed by atoms with Gasteiger partial charge in [0.1, 0.15) is 0 Å². The Morgan fingerprint density at radius 2 is 1.79 bits per heavy atom. The molecule has 2 aromatic rings. The lowest BCUT2D eigenvalue weighted by atomic mass is 9.96. The SMILES string of the molecule is Cc1cc(NC(=O)C(C)(C)C)sc1C(=O)N(C)CC(=O)Nc1ccccc1Cl. The van der Waals surface area contributed by atoms with Crippen molar-refractivity contribution in [1.29, 1.82) is 0 Å². The number of benzene rings is 1. The quantitative estimate of drug-likeness (QED) is 0.750. The molecule has 28 heavy (non-hydrogen) atoms. The Kier molecular flexibility index (Phi) is 6.85. The van der Waals surface area contributed by atoms with Gasteiger partial charge >= 0.3 is 0 Å². The number of thiophene rings is 1. The van der Waals surface area contributed by atoms with Crippen LogP contribution in [0.15, 0.2) is 30.3 Å². The number of hydrogen-bond donors (Lipinski definition) is 2. The lowest BCUT2D eigenvalue weighted by Gasteiger charge is -2.17. The number of aryl methyl sites for hydroxylation is 1. The largest absolute Gasteiger partial charge is 0.332 e. The summed E-state index contributed by atoms with van der Waals surface area (Å²) in [5.74, 6) is -0.757. The highest BCUT2D eigenvalue weighted by atomic mass is 35.5. The Morgan fingerprint density at radius 1 is 1.14 bits per heavy atom. The second-order valence-corrected chi connectivity index (χ2v) is 8.98. The van der Waals surface area contributed by atoms with E-state index in [1.165, 1.54) is 16.2 Å². The van der Waals surface area contributed by atoms with Gasteiger partial charge in [-0.15, -0.1) is 11.3 Å². The smallest absolute Gasteiger partial charge is 0.264 e. The van der Waals surface area contributed by atoms with E-state index in [1.54, 1.807) is 44.3 Å². The Hall–Kier alpha value is -2.38. The van der Waals surface area contributed by atoms with Crippen LogP contribution in [-0.2, 0) is 9.59 Å². The van der Waals surface area contributed by atoms with Crippen molar-refractivity contribution in [2.45, 2.75) is 27.7 Å². The molecule has 1 aromatic heterocycles. The summed E-state index contributed by atoms with van der Waals surface area (Å²) in [5, 5.41) is 6.56. The van der Waals surface area contributed by atoms with E-state index in [1.807, 2.05) is 20.8 Å². The summed E-state index contributed by atoms with van der Waals surface area (Å²) in [4.78, 5) is 38.9. The molecule has 0 aliphatic carbocycles. The predicted octanol–water partition coefficient (Wildman–Crippen LogP) is 4.41. The zero-order chi connectivity index (χ0) is 21.1. The number of amides is 3. The van der Waals surface area contributed by atoms with Gasteiger partial charge in [0, 0.05) is 12.5 Å². The molecule has 150 valence electrons. The predicted molar refractivity (Wildman–Crippen MR) is 114 cm³/mol. The van der Waals surface area contributed by atoms with Crippen molar-refractivity contribution >= 4 is 51.3 Å². The Balaban J connectivity index is 2.04. The summed E-state index contributed by atoms with van der Waals surface area (Å²) in [6, 6.07) is 8.66. The molecule has 0 aliphatic rings. The number of nitrogens with one attached hydrogen (secondary N) is 2. The first-order valence-electron chi connectivity index (χ1n) is 8.70. The summed E-state index contributed by atoms with van der Waals surface area (Å²) in [6.45, 7) is 7.14. The van der Waals surface area contributed by atoms with Crippen LogP contribution in [0, 0.1) is 12.3 Å². The van der Waals surface area contributed by atoms with Gasteiger partial charge in [0.25, 0.3) is 5.91 Å². The van der Waals surface area contributed by atoms with Crippen LogP contribution in [0.1, 0.15) is 36.0 Å². The highest BCUT2D eigenvalue weighted by molar-refractivity contribution is 7.18. The van der Waals surface area contributed by atoms with E-state index in [9.17, 15) is 14.4 Å². The fraction of sp³-hybridized carbons (Fsp3) is 0.350. The minimum Gasteiger partial charge on any atom is -0.332 e. The number of para-hydroxylation sites is 1. The number of carbonyl (C=O) groups is 3. The molecule has 0 saturated carbocycles. The van der Waals surface area contributed by atoms with E-state index in [4.69, 9.17) is 11.6 Å². The van der Waals surface area contributed by atoms with Gasteiger partial charge in [-0.3, -0.25) is 14.4 Å². The van der Waals surface area contributed by atoms with Gasteiger partial charge < -0.3 is 15.5 Å². The van der Waals surface area contributed by atoms with E-state index in [2.05, 4.69) is 10.6 Å². The third-order valence-corrected chi connectivity index (χ3v) is 5.38. The first-order valence-corrected chi connectivity index (χ1v) is 9.90. The number of halogens is 1. The number of hydrogen-bond acceptors (Lipinski definition) is 4. The average molecular weight is 422 g/mol. The topological polar surface area (TPSA) is 78.5 Å². The van der Waals surface area contributed by atoms with Crippen LogP contribution in [-0.4, -0.2) is 36.2 Å². The monoisotopic (exact) mass is 421 g/mol. The normalized spacial score (nSPS) is 11.1. The fourth-order valence-corrected chi connectivity index (χ4v) is 3.51. The second-order valence-electron chi connectivity index (χ2n) is 7.52. The molecule has 0 saturated heterocycles. The average Bonchev–Trinajstić information content (AvgIpc) is 2.95. The zero-order valence-electron chi connectivity index (χ0n) is 16.6. The number of likely N-dealkylation sites (N-methyl/N-ethyl adjacent to an activating group) is 1. The van der Waals surface area contributed by atoms with E-state index in [-0.39, 0.29) is 24.3 Å². The molecule has 0 bridgehead atoms.